The van der Waals surface area contributed by atoms with Crippen LogP contribution in [0.25, 0.3) is 0 Å². The Labute approximate surface area is 501 Å². The molecule has 0 aromatic rings. The molecule has 0 aromatic carbocycles. The first kappa shape index (κ1) is 80.0. The van der Waals surface area contributed by atoms with E-state index in [0.29, 0.717) is 0 Å². The van der Waals surface area contributed by atoms with Gasteiger partial charge in [-0.25, -0.2) is 0 Å². The molecule has 39 heteroatoms. The van der Waals surface area contributed by atoms with E-state index in [0.717, 1.165) is 0 Å². The summed E-state index contributed by atoms with van der Waals surface area (Å²) in [5, 5.41) is 219. The molecule has 1 rings (SSSR count). The van der Waals surface area contributed by atoms with Crippen molar-refractivity contribution in [1.82, 2.24) is 40.9 Å². The maximum atomic E-state index is 14.1. The van der Waals surface area contributed by atoms with Crippen molar-refractivity contribution < 1.29 is 155 Å². The van der Waals surface area contributed by atoms with Crippen molar-refractivity contribution in [2.75, 3.05) is 105 Å². The summed E-state index contributed by atoms with van der Waals surface area (Å²) >= 11 is 0. The van der Waals surface area contributed by atoms with Gasteiger partial charge in [0.05, 0.1) is 19.8 Å². The molecular weight excluding hydrogens is 1200 g/mol. The molecule has 39 nitrogen and oxygen atoms in total. The third-order valence-corrected chi connectivity index (χ3v) is 14.6. The Balaban J connectivity index is 4.03. The third kappa shape index (κ3) is 27.0. The van der Waals surface area contributed by atoms with Crippen LogP contribution in [-0.4, -0.2) is 383 Å². The van der Waals surface area contributed by atoms with E-state index < -0.39 is 247 Å². The Morgan fingerprint density at radius 1 is 0.352 bits per heavy atom. The maximum Gasteiger partial charge on any atom is 0.320 e. The monoisotopic (exact) mass is 1280 g/mol. The molecule has 25 N–H and O–H groups in total. The fourth-order valence-corrected chi connectivity index (χ4v) is 9.01. The van der Waals surface area contributed by atoms with Gasteiger partial charge in [-0.3, -0.25) is 62.6 Å². The highest BCUT2D eigenvalue weighted by Crippen LogP contribution is 2.19. The van der Waals surface area contributed by atoms with Crippen LogP contribution in [0.2, 0.25) is 0 Å². The van der Waals surface area contributed by atoms with Gasteiger partial charge in [0.25, 0.3) is 17.7 Å². The van der Waals surface area contributed by atoms with Crippen LogP contribution in [0.3, 0.4) is 0 Å². The van der Waals surface area contributed by atoms with Crippen molar-refractivity contribution in [2.24, 2.45) is 5.41 Å². The first-order valence-corrected chi connectivity index (χ1v) is 27.5. The van der Waals surface area contributed by atoms with Gasteiger partial charge in [-0.15, -0.1) is 0 Å². The molecule has 15 unspecified atom stereocenters. The van der Waals surface area contributed by atoms with Gasteiger partial charge in [-0.1, -0.05) is 0 Å². The second-order valence-electron chi connectivity index (χ2n) is 21.0. The van der Waals surface area contributed by atoms with Crippen LogP contribution in [0.4, 0.5) is 0 Å². The summed E-state index contributed by atoms with van der Waals surface area (Å²) in [6.45, 7) is -10.4. The van der Waals surface area contributed by atoms with Crippen LogP contribution < -0.4 is 21.3 Å². The van der Waals surface area contributed by atoms with Crippen molar-refractivity contribution in [2.45, 2.75) is 136 Å². The summed E-state index contributed by atoms with van der Waals surface area (Å²) in [6.07, 6.45) is -33.3. The van der Waals surface area contributed by atoms with Crippen molar-refractivity contribution >= 4 is 59.4 Å². The fourth-order valence-electron chi connectivity index (χ4n) is 9.01. The number of hydrogen-bond donors (Lipinski definition) is 25. The summed E-state index contributed by atoms with van der Waals surface area (Å²) in [5.41, 5.74) is -2.23. The van der Waals surface area contributed by atoms with E-state index in [2.05, 4.69) is 21.3 Å². The molecular formula is C49H86N8O31. The van der Waals surface area contributed by atoms with Gasteiger partial charge < -0.3 is 133 Å². The lowest BCUT2D eigenvalue weighted by molar-refractivity contribution is -0.150. The molecule has 0 saturated carbocycles. The molecule has 0 spiro atoms. The molecule has 0 bridgehead atoms. The molecule has 1 heterocycles. The van der Waals surface area contributed by atoms with Gasteiger partial charge in [-0.2, -0.15) is 0 Å². The number of nitrogens with zero attached hydrogens (tertiary/aromatic N) is 4. The number of carbonyl (C=O) groups is 10. The number of aliphatic hydroxyl groups is 15. The lowest BCUT2D eigenvalue weighted by Gasteiger charge is -2.39. The summed E-state index contributed by atoms with van der Waals surface area (Å²) in [7, 11) is 0. The van der Waals surface area contributed by atoms with Crippen molar-refractivity contribution in [3.8, 4) is 0 Å². The zero-order valence-corrected chi connectivity index (χ0v) is 47.7. The number of nitrogens with one attached hydrogen (secondary N) is 4. The highest BCUT2D eigenvalue weighted by Gasteiger charge is 2.42. The SMILES string of the molecule is O=C(O)CCC(C(=O)O)N1CCN(CCC(=O)NCC(CNC(=O)C(O)C(O)C(O)C(O)CO)(CNC(=O)C(O)C(O)C(O)C(O)CO)CNC(=O)C(O)C(O)C(O)C(O)CO)CCN(C(CCC(=O)O)C(=O)O)CCN(C(CCC(=O)O)C(=O)O)CC1. The van der Waals surface area contributed by atoms with E-state index >= 15 is 0 Å². The van der Waals surface area contributed by atoms with Gasteiger partial charge in [0.1, 0.15) is 73.1 Å². The summed E-state index contributed by atoms with van der Waals surface area (Å²) in [6, 6.07) is -4.67. The molecule has 0 aromatic heterocycles. The van der Waals surface area contributed by atoms with E-state index in [9.17, 15) is 155 Å². The number of hydrogen-bond acceptors (Lipinski definition) is 29. The first-order valence-electron chi connectivity index (χ1n) is 27.5. The van der Waals surface area contributed by atoms with Crippen LogP contribution in [0.1, 0.15) is 44.9 Å². The fraction of sp³-hybridized carbons (Fsp3) is 0.796. The van der Waals surface area contributed by atoms with Crippen LogP contribution in [0, 0.1) is 5.41 Å². The molecule has 4 amide bonds. The zero-order valence-electron chi connectivity index (χ0n) is 47.7. The Hall–Kier alpha value is -6.06. The van der Waals surface area contributed by atoms with E-state index in [1.54, 1.807) is 0 Å². The van der Waals surface area contributed by atoms with Crippen LogP contribution in [-0.2, 0) is 47.9 Å². The van der Waals surface area contributed by atoms with Gasteiger partial charge in [0, 0.05) is 116 Å². The normalized spacial score (nSPS) is 20.3. The summed E-state index contributed by atoms with van der Waals surface area (Å²) in [4.78, 5) is 133. The number of carbonyl (C=O) groups excluding carboxylic acids is 4. The third-order valence-electron chi connectivity index (χ3n) is 14.6. The lowest BCUT2D eigenvalue weighted by atomic mass is 9.86. The zero-order chi connectivity index (χ0) is 67.3. The Bertz CT molecular complexity index is 2080. The van der Waals surface area contributed by atoms with Gasteiger partial charge >= 0.3 is 35.8 Å². The summed E-state index contributed by atoms with van der Waals surface area (Å²) in [5.74, 6) is -14.5. The number of aliphatic hydroxyl groups excluding tert-OH is 15. The smallest absolute Gasteiger partial charge is 0.320 e. The minimum atomic E-state index is -2.68. The van der Waals surface area contributed by atoms with Crippen molar-refractivity contribution in [3.63, 3.8) is 0 Å². The molecule has 88 heavy (non-hydrogen) atoms. The van der Waals surface area contributed by atoms with Gasteiger partial charge in [-0.05, 0) is 19.3 Å². The van der Waals surface area contributed by atoms with Crippen LogP contribution in [0.15, 0.2) is 0 Å². The predicted octanol–water partition coefficient (Wildman–Crippen LogP) is -13.7. The molecule has 1 saturated heterocycles. The average molecular weight is 1280 g/mol. The predicted molar refractivity (Wildman–Crippen MR) is 288 cm³/mol. The Morgan fingerprint density at radius 2 is 0.602 bits per heavy atom. The highest BCUT2D eigenvalue weighted by atomic mass is 16.4. The first-order chi connectivity index (χ1) is 41.1. The second-order valence-corrected chi connectivity index (χ2v) is 21.0. The number of rotatable bonds is 41. The molecule has 0 aliphatic carbocycles. The molecule has 15 atom stereocenters. The molecule has 508 valence electrons. The molecule has 1 fully saturated rings. The van der Waals surface area contributed by atoms with E-state index in [1.165, 1.54) is 19.6 Å². The maximum absolute atomic E-state index is 14.1. The highest BCUT2D eigenvalue weighted by molar-refractivity contribution is 5.83. The molecule has 0 radical (unpaired) electrons. The minimum absolute atomic E-state index is 0.241. The molecule has 1 aliphatic rings. The molecule has 1 aliphatic heterocycles. The topological polar surface area (TPSA) is 657 Å². The Morgan fingerprint density at radius 3 is 0.841 bits per heavy atom. The minimum Gasteiger partial charge on any atom is -0.481 e. The average Bonchev–Trinajstić information content (AvgIpc) is 1.59. The van der Waals surface area contributed by atoms with Crippen LogP contribution >= 0.6 is 0 Å². The lowest BCUT2D eigenvalue weighted by Crippen LogP contribution is -2.61. The number of amides is 4. The standard InChI is InChI=1S/C49H86N8O31/c58-17-27(61)34(71)37(74)40(77)43(80)51-21-49(22-52-44(81)41(78)38(75)35(72)28(62)18-59,23-53-45(82)42(79)39(76)36(73)29(63)19-60)20-50-30(64)7-8-54-9-11-55(24(46(83)84)1-4-31(65)66)13-15-57(26(48(87)88)3-6-33(69)70)16-14-56(12-10-54)25(47(85)86)2-5-32(67)68/h24-29,34-42,58-63,71-79H,1-23H2,(H,50,64)(H,51,80)(H,52,81)(H,53,82)(H,65,66)(H,67,68)(H,69,70)(H,83,84)(H,85,86)(H,87,88). The van der Waals surface area contributed by atoms with Gasteiger partial charge in [0.15, 0.2) is 18.3 Å². The number of carboxylic acid groups (broad SMARTS) is 6. The summed E-state index contributed by atoms with van der Waals surface area (Å²) < 4.78 is 0. The second kappa shape index (κ2) is 39.8. The van der Waals surface area contributed by atoms with Crippen molar-refractivity contribution in [3.05, 3.63) is 0 Å². The number of carboxylic acids is 6. The van der Waals surface area contributed by atoms with Crippen molar-refractivity contribution in [1.29, 1.82) is 0 Å². The quantitative estimate of drug-likeness (QED) is 0.0270. The van der Waals surface area contributed by atoms with E-state index in [-0.39, 0.29) is 58.9 Å². The largest absolute Gasteiger partial charge is 0.481 e. The van der Waals surface area contributed by atoms with Gasteiger partial charge in [0.2, 0.25) is 5.91 Å². The number of aliphatic carboxylic acids is 6. The van der Waals surface area contributed by atoms with E-state index in [4.69, 9.17) is 0 Å². The van der Waals surface area contributed by atoms with Crippen LogP contribution in [0.5, 0.6) is 0 Å². The van der Waals surface area contributed by atoms with E-state index in [1.807, 2.05) is 0 Å². The Kier molecular flexibility index (Phi) is 36.2.